The Morgan fingerprint density at radius 2 is 1.87 bits per heavy atom. The van der Waals surface area contributed by atoms with E-state index in [0.717, 1.165) is 27.9 Å². The maximum atomic E-state index is 12.7. The highest BCUT2D eigenvalue weighted by Crippen LogP contribution is 2.32. The molecule has 164 valence electrons. The van der Waals surface area contributed by atoms with Crippen LogP contribution in [0.5, 0.6) is 5.75 Å². The lowest BCUT2D eigenvalue weighted by Crippen LogP contribution is -2.28. The van der Waals surface area contributed by atoms with Crippen molar-refractivity contribution in [2.45, 2.75) is 38.6 Å². The van der Waals surface area contributed by atoms with Crippen molar-refractivity contribution in [3.8, 4) is 5.75 Å². The monoisotopic (exact) mass is 487 g/mol. The number of tetrazole rings is 1. The van der Waals surface area contributed by atoms with E-state index in [9.17, 15) is 4.79 Å². The average molecular weight is 488 g/mol. The van der Waals surface area contributed by atoms with Gasteiger partial charge in [-0.3, -0.25) is 4.79 Å². The van der Waals surface area contributed by atoms with Gasteiger partial charge in [0.05, 0.1) is 26.7 Å². The van der Waals surface area contributed by atoms with Crippen molar-refractivity contribution in [2.75, 3.05) is 14.2 Å². The molecule has 0 saturated heterocycles. The smallest absolute Gasteiger partial charge is 0.309 e. The number of benzene rings is 1. The van der Waals surface area contributed by atoms with Crippen LogP contribution < -0.4 is 4.74 Å². The fourth-order valence-electron chi connectivity index (χ4n) is 3.63. The molecule has 2 atom stereocenters. The molecule has 0 saturated carbocycles. The molecule has 31 heavy (non-hydrogen) atoms. The van der Waals surface area contributed by atoms with Gasteiger partial charge in [0.15, 0.2) is 5.82 Å². The molecular formula is C22H26BrN5O3. The molecule has 0 bridgehead atoms. The van der Waals surface area contributed by atoms with E-state index in [4.69, 9.17) is 9.47 Å². The van der Waals surface area contributed by atoms with Gasteiger partial charge in [-0.1, -0.05) is 31.5 Å². The van der Waals surface area contributed by atoms with Crippen molar-refractivity contribution < 1.29 is 14.3 Å². The van der Waals surface area contributed by atoms with Crippen LogP contribution in [0.3, 0.4) is 0 Å². The lowest BCUT2D eigenvalue weighted by Gasteiger charge is -2.24. The van der Waals surface area contributed by atoms with E-state index in [0.29, 0.717) is 25.2 Å². The first-order chi connectivity index (χ1) is 15.0. The Morgan fingerprint density at radius 3 is 2.48 bits per heavy atom. The Balaban J connectivity index is 1.95. The molecule has 9 heteroatoms. The Morgan fingerprint density at radius 1 is 1.13 bits per heavy atom. The summed E-state index contributed by atoms with van der Waals surface area (Å²) in [6, 6.07) is 11.6. The summed E-state index contributed by atoms with van der Waals surface area (Å²) in [5, 5.41) is 12.4. The molecule has 0 fully saturated rings. The number of halogens is 1. The van der Waals surface area contributed by atoms with Gasteiger partial charge in [-0.2, -0.15) is 0 Å². The van der Waals surface area contributed by atoms with Crippen molar-refractivity contribution in [2.24, 2.45) is 5.92 Å². The van der Waals surface area contributed by atoms with Gasteiger partial charge >= 0.3 is 5.97 Å². The van der Waals surface area contributed by atoms with Crippen molar-refractivity contribution in [3.05, 3.63) is 64.1 Å². The topological polar surface area (TPSA) is 92.0 Å². The maximum Gasteiger partial charge on any atom is 0.309 e. The first kappa shape index (κ1) is 22.9. The van der Waals surface area contributed by atoms with Crippen molar-refractivity contribution in [3.63, 3.8) is 0 Å². The molecule has 0 aliphatic heterocycles. The van der Waals surface area contributed by atoms with Crippen LogP contribution in [-0.2, 0) is 22.5 Å². The third kappa shape index (κ3) is 5.88. The van der Waals surface area contributed by atoms with E-state index >= 15 is 0 Å². The number of hydrogen-bond acceptors (Lipinski definition) is 7. The molecule has 3 rings (SSSR count). The number of nitrogens with zero attached hydrogens (tertiary/aromatic N) is 5. The summed E-state index contributed by atoms with van der Waals surface area (Å²) < 4.78 is 12.9. The van der Waals surface area contributed by atoms with Crippen molar-refractivity contribution >= 4 is 21.9 Å². The van der Waals surface area contributed by atoms with Gasteiger partial charge in [-0.25, -0.2) is 9.67 Å². The highest BCUT2D eigenvalue weighted by atomic mass is 79.9. The van der Waals surface area contributed by atoms with Gasteiger partial charge in [-0.15, -0.1) is 5.10 Å². The Labute approximate surface area is 190 Å². The van der Waals surface area contributed by atoms with Gasteiger partial charge in [0.2, 0.25) is 0 Å². The van der Waals surface area contributed by atoms with E-state index in [1.165, 1.54) is 7.11 Å². The van der Waals surface area contributed by atoms with Gasteiger partial charge in [0.25, 0.3) is 0 Å². The Kier molecular flexibility index (Phi) is 8.11. The maximum absolute atomic E-state index is 12.7. The predicted octanol–water partition coefficient (Wildman–Crippen LogP) is 3.80. The zero-order valence-electron chi connectivity index (χ0n) is 17.9. The minimum absolute atomic E-state index is 0.247. The summed E-state index contributed by atoms with van der Waals surface area (Å²) in [5.74, 6) is 0.580. The molecular weight excluding hydrogens is 462 g/mol. The van der Waals surface area contributed by atoms with E-state index in [1.807, 2.05) is 36.4 Å². The normalized spacial score (nSPS) is 12.9. The lowest BCUT2D eigenvalue weighted by molar-refractivity contribution is -0.146. The van der Waals surface area contributed by atoms with Crippen LogP contribution >= 0.6 is 15.9 Å². The van der Waals surface area contributed by atoms with Gasteiger partial charge < -0.3 is 9.47 Å². The first-order valence-corrected chi connectivity index (χ1v) is 10.9. The molecule has 8 nitrogen and oxygen atoms in total. The zero-order chi connectivity index (χ0) is 22.2. The van der Waals surface area contributed by atoms with Crippen LogP contribution in [0.25, 0.3) is 0 Å². The van der Waals surface area contributed by atoms with Crippen LogP contribution in [0.15, 0.2) is 47.2 Å². The van der Waals surface area contributed by atoms with Gasteiger partial charge in [0.1, 0.15) is 10.4 Å². The predicted molar refractivity (Wildman–Crippen MR) is 119 cm³/mol. The molecule has 1 aromatic carbocycles. The van der Waals surface area contributed by atoms with Crippen LogP contribution in [0.2, 0.25) is 0 Å². The number of carbonyl (C=O) groups excluding carboxylic acids is 1. The number of hydrogen-bond donors (Lipinski definition) is 0. The minimum Gasteiger partial charge on any atom is -0.497 e. The highest BCUT2D eigenvalue weighted by molar-refractivity contribution is 9.10. The van der Waals surface area contributed by atoms with Crippen LogP contribution in [-0.4, -0.2) is 45.4 Å². The second-order valence-electron chi connectivity index (χ2n) is 7.26. The SMILES string of the molecule is CCC[C@H](C(=O)OC)[C@H](Cc1ccc(Br)nc1)c1nnnn1Cc1ccc(OC)cc1. The largest absolute Gasteiger partial charge is 0.497 e. The molecule has 0 aliphatic rings. The summed E-state index contributed by atoms with van der Waals surface area (Å²) in [6.07, 6.45) is 3.89. The number of esters is 1. The molecule has 2 aromatic heterocycles. The van der Waals surface area contributed by atoms with E-state index in [1.54, 1.807) is 18.0 Å². The summed E-state index contributed by atoms with van der Waals surface area (Å²) in [4.78, 5) is 17.0. The number of rotatable bonds is 10. The number of methoxy groups -OCH3 is 2. The molecule has 0 unspecified atom stereocenters. The van der Waals surface area contributed by atoms with Crippen LogP contribution in [0, 0.1) is 5.92 Å². The number of pyridine rings is 1. The van der Waals surface area contributed by atoms with Crippen LogP contribution in [0.4, 0.5) is 0 Å². The third-order valence-electron chi connectivity index (χ3n) is 5.22. The molecule has 0 spiro atoms. The Bertz CT molecular complexity index is 976. The van der Waals surface area contributed by atoms with Gasteiger partial charge in [0, 0.05) is 12.1 Å². The zero-order valence-corrected chi connectivity index (χ0v) is 19.4. The fourth-order valence-corrected chi connectivity index (χ4v) is 3.87. The van der Waals surface area contributed by atoms with Crippen molar-refractivity contribution in [1.82, 2.24) is 25.2 Å². The lowest BCUT2D eigenvalue weighted by atomic mass is 9.83. The number of carbonyl (C=O) groups is 1. The van der Waals surface area contributed by atoms with E-state index in [2.05, 4.69) is 43.4 Å². The fraction of sp³-hybridized carbons (Fsp3) is 0.409. The number of aromatic nitrogens is 5. The summed E-state index contributed by atoms with van der Waals surface area (Å²) in [7, 11) is 3.06. The minimum atomic E-state index is -0.362. The standard InChI is InChI=1S/C22H26BrN5O3/c1-4-5-18(22(29)31-3)19(12-16-8-11-20(23)24-13-16)21-25-26-27-28(21)14-15-6-9-17(30-2)10-7-15/h6-11,13,18-19H,4-5,12,14H2,1-3H3/t18-,19-/m0/s1. The molecule has 3 aromatic rings. The average Bonchev–Trinajstić information content (AvgIpc) is 3.25. The molecule has 2 heterocycles. The first-order valence-electron chi connectivity index (χ1n) is 10.1. The molecule has 0 radical (unpaired) electrons. The Hall–Kier alpha value is -2.81. The molecule has 0 N–H and O–H groups in total. The molecule has 0 aliphatic carbocycles. The molecule has 0 amide bonds. The summed E-state index contributed by atoms with van der Waals surface area (Å²) >= 11 is 3.37. The van der Waals surface area contributed by atoms with E-state index < -0.39 is 0 Å². The second kappa shape index (κ2) is 11.0. The third-order valence-corrected chi connectivity index (χ3v) is 5.69. The quantitative estimate of drug-likeness (QED) is 0.317. The van der Waals surface area contributed by atoms with Crippen LogP contribution in [0.1, 0.15) is 42.6 Å². The van der Waals surface area contributed by atoms with E-state index in [-0.39, 0.29) is 17.8 Å². The second-order valence-corrected chi connectivity index (χ2v) is 8.07. The van der Waals surface area contributed by atoms with Crippen molar-refractivity contribution in [1.29, 1.82) is 0 Å². The summed E-state index contributed by atoms with van der Waals surface area (Å²) in [5.41, 5.74) is 2.03. The van der Waals surface area contributed by atoms with Gasteiger partial charge in [-0.05, 0) is 68.5 Å². The highest BCUT2D eigenvalue weighted by Gasteiger charge is 2.34. The number of ether oxygens (including phenoxy) is 2. The summed E-state index contributed by atoms with van der Waals surface area (Å²) in [6.45, 7) is 2.54.